The van der Waals surface area contributed by atoms with Gasteiger partial charge in [0.2, 0.25) is 5.91 Å². The van der Waals surface area contributed by atoms with E-state index in [1.54, 1.807) is 12.0 Å². The highest BCUT2D eigenvalue weighted by Crippen LogP contribution is 2.24. The summed E-state index contributed by atoms with van der Waals surface area (Å²) in [5.41, 5.74) is 2.05. The molecule has 28 heavy (non-hydrogen) atoms. The lowest BCUT2D eigenvalue weighted by atomic mass is 10.2. The topological polar surface area (TPSA) is 60.2 Å². The van der Waals surface area contributed by atoms with Gasteiger partial charge >= 0.3 is 0 Å². The third kappa shape index (κ3) is 4.72. The van der Waals surface area contributed by atoms with Gasteiger partial charge in [0.25, 0.3) is 0 Å². The number of hydrogen-bond donors (Lipinski definition) is 0. The van der Waals surface area contributed by atoms with Gasteiger partial charge in [-0.3, -0.25) is 4.79 Å². The van der Waals surface area contributed by atoms with E-state index in [1.165, 1.54) is 11.8 Å². The minimum atomic E-state index is 0.0414. The second kappa shape index (κ2) is 9.41. The summed E-state index contributed by atoms with van der Waals surface area (Å²) >= 11 is 1.42. The molecule has 6 nitrogen and oxygen atoms in total. The van der Waals surface area contributed by atoms with Crippen LogP contribution in [0.4, 0.5) is 0 Å². The zero-order chi connectivity index (χ0) is 19.9. The summed E-state index contributed by atoms with van der Waals surface area (Å²) in [6, 6.07) is 17.7. The zero-order valence-electron chi connectivity index (χ0n) is 16.3. The molecule has 3 rings (SSSR count). The van der Waals surface area contributed by atoms with Crippen molar-refractivity contribution in [2.24, 2.45) is 0 Å². The van der Waals surface area contributed by atoms with Crippen LogP contribution >= 0.6 is 11.8 Å². The van der Waals surface area contributed by atoms with Crippen LogP contribution in [0.25, 0.3) is 11.4 Å². The van der Waals surface area contributed by atoms with Crippen LogP contribution in [0, 0.1) is 0 Å². The van der Waals surface area contributed by atoms with Gasteiger partial charge in [0, 0.05) is 25.7 Å². The fourth-order valence-corrected chi connectivity index (χ4v) is 3.79. The number of methoxy groups -OCH3 is 1. The Hall–Kier alpha value is -2.80. The quantitative estimate of drug-likeness (QED) is 0.543. The van der Waals surface area contributed by atoms with Gasteiger partial charge in [-0.25, -0.2) is 0 Å². The van der Waals surface area contributed by atoms with Crippen molar-refractivity contribution >= 4 is 17.7 Å². The summed E-state index contributed by atoms with van der Waals surface area (Å²) in [5.74, 6) is 1.97. The first-order chi connectivity index (χ1) is 13.6. The number of thioether (sulfide) groups is 1. The number of nitrogens with zero attached hydrogens (tertiary/aromatic N) is 4. The summed E-state index contributed by atoms with van der Waals surface area (Å²) in [6.45, 7) is 3.33. The molecule has 0 saturated carbocycles. The highest BCUT2D eigenvalue weighted by molar-refractivity contribution is 7.99. The number of aromatic nitrogens is 3. The predicted molar refractivity (Wildman–Crippen MR) is 111 cm³/mol. The molecule has 0 atom stereocenters. The number of rotatable bonds is 8. The lowest BCUT2D eigenvalue weighted by Gasteiger charge is -2.17. The highest BCUT2D eigenvalue weighted by atomic mass is 32.2. The second-order valence-corrected chi connectivity index (χ2v) is 7.25. The molecule has 146 valence electrons. The molecule has 0 saturated heterocycles. The van der Waals surface area contributed by atoms with Gasteiger partial charge in [0.1, 0.15) is 5.75 Å². The van der Waals surface area contributed by atoms with Crippen LogP contribution in [0.1, 0.15) is 12.5 Å². The normalized spacial score (nSPS) is 10.7. The Morgan fingerprint density at radius 3 is 2.64 bits per heavy atom. The zero-order valence-corrected chi connectivity index (χ0v) is 17.1. The van der Waals surface area contributed by atoms with Gasteiger partial charge < -0.3 is 14.2 Å². The lowest BCUT2D eigenvalue weighted by Crippen LogP contribution is -2.27. The molecule has 0 radical (unpaired) electrons. The van der Waals surface area contributed by atoms with Crippen molar-refractivity contribution in [1.82, 2.24) is 19.7 Å². The summed E-state index contributed by atoms with van der Waals surface area (Å²) in [5, 5.41) is 9.36. The Kier molecular flexibility index (Phi) is 6.71. The van der Waals surface area contributed by atoms with Crippen LogP contribution in [0.5, 0.6) is 5.75 Å². The van der Waals surface area contributed by atoms with Gasteiger partial charge in [-0.05, 0) is 24.6 Å². The van der Waals surface area contributed by atoms with E-state index in [4.69, 9.17) is 4.74 Å². The van der Waals surface area contributed by atoms with E-state index in [1.807, 2.05) is 66.2 Å². The van der Waals surface area contributed by atoms with Crippen molar-refractivity contribution in [3.63, 3.8) is 0 Å². The predicted octanol–water partition coefficient (Wildman–Crippen LogP) is 3.72. The number of amides is 1. The number of carbonyl (C=O) groups is 1. The smallest absolute Gasteiger partial charge is 0.233 e. The van der Waals surface area contributed by atoms with Crippen LogP contribution in [0.2, 0.25) is 0 Å². The van der Waals surface area contributed by atoms with Crippen molar-refractivity contribution in [2.75, 3.05) is 19.9 Å². The van der Waals surface area contributed by atoms with Crippen molar-refractivity contribution in [3.05, 3.63) is 60.2 Å². The minimum Gasteiger partial charge on any atom is -0.497 e. The van der Waals surface area contributed by atoms with Gasteiger partial charge in [-0.1, -0.05) is 54.2 Å². The Morgan fingerprint density at radius 2 is 1.93 bits per heavy atom. The first-order valence-corrected chi connectivity index (χ1v) is 10.1. The maximum absolute atomic E-state index is 12.6. The van der Waals surface area contributed by atoms with Gasteiger partial charge in [0.15, 0.2) is 11.0 Å². The van der Waals surface area contributed by atoms with Crippen molar-refractivity contribution in [1.29, 1.82) is 0 Å². The second-order valence-electron chi connectivity index (χ2n) is 6.31. The van der Waals surface area contributed by atoms with Gasteiger partial charge in [0.05, 0.1) is 12.9 Å². The number of ether oxygens (including phenoxy) is 1. The van der Waals surface area contributed by atoms with Crippen LogP contribution in [0.15, 0.2) is 59.8 Å². The van der Waals surface area contributed by atoms with Gasteiger partial charge in [-0.15, -0.1) is 10.2 Å². The Morgan fingerprint density at radius 1 is 1.14 bits per heavy atom. The highest BCUT2D eigenvalue weighted by Gasteiger charge is 2.16. The third-order valence-corrected chi connectivity index (χ3v) is 5.32. The van der Waals surface area contributed by atoms with Crippen molar-refractivity contribution in [2.45, 2.75) is 25.2 Å². The molecule has 0 N–H and O–H groups in total. The maximum Gasteiger partial charge on any atom is 0.233 e. The summed E-state index contributed by atoms with van der Waals surface area (Å²) in [4.78, 5) is 14.3. The summed E-state index contributed by atoms with van der Waals surface area (Å²) in [7, 11) is 3.44. The van der Waals surface area contributed by atoms with Crippen LogP contribution in [-0.2, 0) is 17.9 Å². The molecule has 3 aromatic rings. The Bertz CT molecular complexity index is 927. The monoisotopic (exact) mass is 396 g/mol. The first kappa shape index (κ1) is 19.9. The molecule has 1 heterocycles. The van der Waals surface area contributed by atoms with E-state index in [2.05, 4.69) is 17.1 Å². The van der Waals surface area contributed by atoms with Crippen molar-refractivity contribution in [3.8, 4) is 17.1 Å². The average molecular weight is 397 g/mol. The number of hydrogen-bond acceptors (Lipinski definition) is 5. The number of carbonyl (C=O) groups excluding carboxylic acids is 1. The molecule has 0 fully saturated rings. The average Bonchev–Trinajstić information content (AvgIpc) is 3.15. The molecular weight excluding hydrogens is 372 g/mol. The van der Waals surface area contributed by atoms with E-state index in [-0.39, 0.29) is 5.91 Å². The van der Waals surface area contributed by atoms with E-state index in [9.17, 15) is 4.79 Å². The molecule has 0 aliphatic carbocycles. The lowest BCUT2D eigenvalue weighted by molar-refractivity contribution is -0.127. The Labute approximate surface area is 169 Å². The molecule has 0 aliphatic heterocycles. The van der Waals surface area contributed by atoms with Crippen LogP contribution in [0.3, 0.4) is 0 Å². The van der Waals surface area contributed by atoms with E-state index < -0.39 is 0 Å². The first-order valence-electron chi connectivity index (χ1n) is 9.10. The minimum absolute atomic E-state index is 0.0414. The largest absolute Gasteiger partial charge is 0.497 e. The summed E-state index contributed by atoms with van der Waals surface area (Å²) < 4.78 is 7.28. The molecule has 0 aliphatic rings. The third-order valence-electron chi connectivity index (χ3n) is 4.37. The number of benzene rings is 2. The molecule has 7 heteroatoms. The van der Waals surface area contributed by atoms with Crippen LogP contribution < -0.4 is 4.74 Å². The molecule has 0 spiro atoms. The van der Waals surface area contributed by atoms with E-state index in [0.717, 1.165) is 34.4 Å². The fourth-order valence-electron chi connectivity index (χ4n) is 2.85. The van der Waals surface area contributed by atoms with Gasteiger partial charge in [-0.2, -0.15) is 0 Å². The molecule has 2 aromatic carbocycles. The summed E-state index contributed by atoms with van der Waals surface area (Å²) in [6.07, 6.45) is 0. The molecule has 0 unspecified atom stereocenters. The molecule has 1 aromatic heterocycles. The maximum atomic E-state index is 12.6. The molecular formula is C21H24N4O2S. The van der Waals surface area contributed by atoms with E-state index >= 15 is 0 Å². The van der Waals surface area contributed by atoms with E-state index in [0.29, 0.717) is 12.3 Å². The SMILES string of the molecule is CCn1c(SCC(=O)N(C)Cc2cccc(OC)c2)nnc1-c1ccccc1. The fraction of sp³-hybridized carbons (Fsp3) is 0.286. The standard InChI is InChI=1S/C21H24N4O2S/c1-4-25-20(17-10-6-5-7-11-17)22-23-21(25)28-15-19(26)24(2)14-16-9-8-12-18(13-16)27-3/h5-13H,4,14-15H2,1-3H3. The van der Waals surface area contributed by atoms with Crippen molar-refractivity contribution < 1.29 is 9.53 Å². The molecule has 0 bridgehead atoms. The Balaban J connectivity index is 1.63. The molecule has 1 amide bonds. The van der Waals surface area contributed by atoms with Crippen LogP contribution in [-0.4, -0.2) is 45.5 Å².